The van der Waals surface area contributed by atoms with E-state index in [0.717, 1.165) is 16.7 Å². The van der Waals surface area contributed by atoms with Gasteiger partial charge in [-0.3, -0.25) is 0 Å². The van der Waals surface area contributed by atoms with Crippen LogP contribution in [0.3, 0.4) is 0 Å². The second kappa shape index (κ2) is 4.81. The van der Waals surface area contributed by atoms with Crippen molar-refractivity contribution in [3.63, 3.8) is 0 Å². The standard InChI is InChI=1S/C12H12BrNS/c1-9-4-5-10(7-12(9)13)14-8-11-3-2-6-15-11/h2-7,14H,8H2,1H3. The van der Waals surface area contributed by atoms with Crippen LogP contribution in [0, 0.1) is 6.92 Å². The second-order valence-corrected chi connectivity index (χ2v) is 5.28. The first kappa shape index (κ1) is 10.7. The van der Waals surface area contributed by atoms with Gasteiger partial charge in [-0.05, 0) is 36.1 Å². The van der Waals surface area contributed by atoms with E-state index in [2.05, 4.69) is 63.9 Å². The van der Waals surface area contributed by atoms with Crippen molar-refractivity contribution in [3.05, 3.63) is 50.6 Å². The minimum atomic E-state index is 0.896. The summed E-state index contributed by atoms with van der Waals surface area (Å²) in [5.74, 6) is 0. The van der Waals surface area contributed by atoms with Gasteiger partial charge in [0.25, 0.3) is 0 Å². The molecule has 0 saturated carbocycles. The number of thiophene rings is 1. The Kier molecular flexibility index (Phi) is 3.44. The molecule has 0 radical (unpaired) electrons. The molecule has 0 aliphatic carbocycles. The molecule has 1 N–H and O–H groups in total. The summed E-state index contributed by atoms with van der Waals surface area (Å²) in [4.78, 5) is 1.35. The van der Waals surface area contributed by atoms with Gasteiger partial charge in [-0.25, -0.2) is 0 Å². The minimum absolute atomic E-state index is 0.896. The van der Waals surface area contributed by atoms with E-state index < -0.39 is 0 Å². The first-order chi connectivity index (χ1) is 7.25. The average Bonchev–Trinajstić information content (AvgIpc) is 2.73. The molecule has 2 rings (SSSR count). The third-order valence-corrected chi connectivity index (χ3v) is 3.95. The molecule has 78 valence electrons. The molecule has 1 nitrogen and oxygen atoms in total. The second-order valence-electron chi connectivity index (χ2n) is 3.40. The highest BCUT2D eigenvalue weighted by Gasteiger charge is 1.97. The largest absolute Gasteiger partial charge is 0.380 e. The third kappa shape index (κ3) is 2.83. The van der Waals surface area contributed by atoms with E-state index in [9.17, 15) is 0 Å². The molecule has 2 aromatic rings. The van der Waals surface area contributed by atoms with Gasteiger partial charge in [0.15, 0.2) is 0 Å². The number of hydrogen-bond acceptors (Lipinski definition) is 2. The minimum Gasteiger partial charge on any atom is -0.380 e. The van der Waals surface area contributed by atoms with Crippen LogP contribution >= 0.6 is 27.3 Å². The summed E-state index contributed by atoms with van der Waals surface area (Å²) in [6, 6.07) is 10.5. The monoisotopic (exact) mass is 281 g/mol. The van der Waals surface area contributed by atoms with E-state index in [0.29, 0.717) is 0 Å². The van der Waals surface area contributed by atoms with E-state index in [1.165, 1.54) is 10.4 Å². The molecule has 0 unspecified atom stereocenters. The van der Waals surface area contributed by atoms with Crippen LogP contribution in [-0.4, -0.2) is 0 Å². The fourth-order valence-corrected chi connectivity index (χ4v) is 2.33. The molecule has 3 heteroatoms. The van der Waals surface area contributed by atoms with Gasteiger partial charge < -0.3 is 5.32 Å². The Balaban J connectivity index is 2.02. The Bertz CT molecular complexity index is 437. The van der Waals surface area contributed by atoms with Gasteiger partial charge in [0.2, 0.25) is 0 Å². The predicted molar refractivity (Wildman–Crippen MR) is 70.5 cm³/mol. The van der Waals surface area contributed by atoms with Gasteiger partial charge in [-0.1, -0.05) is 28.1 Å². The highest BCUT2D eigenvalue weighted by Crippen LogP contribution is 2.21. The first-order valence-corrected chi connectivity index (χ1v) is 6.45. The van der Waals surface area contributed by atoms with Crippen molar-refractivity contribution in [2.75, 3.05) is 5.32 Å². The highest BCUT2D eigenvalue weighted by atomic mass is 79.9. The summed E-state index contributed by atoms with van der Waals surface area (Å²) in [5.41, 5.74) is 2.41. The number of rotatable bonds is 3. The quantitative estimate of drug-likeness (QED) is 0.878. The van der Waals surface area contributed by atoms with Crippen LogP contribution in [0.25, 0.3) is 0 Å². The van der Waals surface area contributed by atoms with Crippen molar-refractivity contribution in [2.45, 2.75) is 13.5 Å². The van der Waals surface area contributed by atoms with Gasteiger partial charge >= 0.3 is 0 Å². The lowest BCUT2D eigenvalue weighted by molar-refractivity contribution is 1.19. The summed E-state index contributed by atoms with van der Waals surface area (Å²) in [6.45, 7) is 2.99. The van der Waals surface area contributed by atoms with Crippen molar-refractivity contribution in [1.29, 1.82) is 0 Å². The lowest BCUT2D eigenvalue weighted by Crippen LogP contribution is -1.97. The zero-order chi connectivity index (χ0) is 10.7. The molecule has 0 saturated heterocycles. The molecule has 15 heavy (non-hydrogen) atoms. The smallest absolute Gasteiger partial charge is 0.0494 e. The summed E-state index contributed by atoms with van der Waals surface area (Å²) in [6.07, 6.45) is 0. The van der Waals surface area contributed by atoms with Gasteiger partial charge in [-0.15, -0.1) is 11.3 Å². The predicted octanol–water partition coefficient (Wildman–Crippen LogP) is 4.43. The maximum atomic E-state index is 3.53. The summed E-state index contributed by atoms with van der Waals surface area (Å²) < 4.78 is 1.15. The molecule has 0 bridgehead atoms. The van der Waals surface area contributed by atoms with Crippen molar-refractivity contribution in [3.8, 4) is 0 Å². The molecule has 1 aromatic heterocycles. The van der Waals surface area contributed by atoms with E-state index in [-0.39, 0.29) is 0 Å². The maximum absolute atomic E-state index is 3.53. The van der Waals surface area contributed by atoms with E-state index in [4.69, 9.17) is 0 Å². The van der Waals surface area contributed by atoms with Crippen LogP contribution in [0.5, 0.6) is 0 Å². The van der Waals surface area contributed by atoms with Gasteiger partial charge in [-0.2, -0.15) is 0 Å². The number of halogens is 1. The Morgan fingerprint density at radius 1 is 1.33 bits per heavy atom. The molecule has 1 heterocycles. The molecule has 0 fully saturated rings. The number of hydrogen-bond donors (Lipinski definition) is 1. The van der Waals surface area contributed by atoms with Gasteiger partial charge in [0.05, 0.1) is 0 Å². The summed E-state index contributed by atoms with van der Waals surface area (Å²) >= 11 is 5.30. The Hall–Kier alpha value is -0.800. The molecular weight excluding hydrogens is 270 g/mol. The van der Waals surface area contributed by atoms with Crippen LogP contribution in [-0.2, 0) is 6.54 Å². The lowest BCUT2D eigenvalue weighted by atomic mass is 10.2. The third-order valence-electron chi connectivity index (χ3n) is 2.22. The highest BCUT2D eigenvalue weighted by molar-refractivity contribution is 9.10. The fraction of sp³-hybridized carbons (Fsp3) is 0.167. The number of nitrogens with one attached hydrogen (secondary N) is 1. The zero-order valence-corrected chi connectivity index (χ0v) is 10.9. The molecule has 0 atom stereocenters. The molecule has 0 amide bonds. The first-order valence-electron chi connectivity index (χ1n) is 4.78. The molecule has 0 aliphatic rings. The van der Waals surface area contributed by atoms with Crippen LogP contribution in [0.4, 0.5) is 5.69 Å². The Morgan fingerprint density at radius 3 is 2.87 bits per heavy atom. The van der Waals surface area contributed by atoms with Crippen LogP contribution in [0.15, 0.2) is 40.2 Å². The normalized spacial score (nSPS) is 10.3. The molecule has 1 aromatic carbocycles. The van der Waals surface area contributed by atoms with Crippen molar-refractivity contribution >= 4 is 33.0 Å². The summed E-state index contributed by atoms with van der Waals surface area (Å²) in [5, 5.41) is 5.49. The maximum Gasteiger partial charge on any atom is 0.0494 e. The SMILES string of the molecule is Cc1ccc(NCc2cccs2)cc1Br. The number of anilines is 1. The molecule has 0 aliphatic heterocycles. The zero-order valence-electron chi connectivity index (χ0n) is 8.46. The van der Waals surface area contributed by atoms with E-state index in [1.54, 1.807) is 11.3 Å². The Labute approximate surface area is 102 Å². The average molecular weight is 282 g/mol. The van der Waals surface area contributed by atoms with Crippen LogP contribution < -0.4 is 5.32 Å². The van der Waals surface area contributed by atoms with Crippen molar-refractivity contribution in [1.82, 2.24) is 0 Å². The number of benzene rings is 1. The molecule has 0 spiro atoms. The van der Waals surface area contributed by atoms with E-state index in [1.807, 2.05) is 0 Å². The number of aryl methyl sites for hydroxylation is 1. The van der Waals surface area contributed by atoms with E-state index >= 15 is 0 Å². The van der Waals surface area contributed by atoms with Crippen molar-refractivity contribution in [2.24, 2.45) is 0 Å². The topological polar surface area (TPSA) is 12.0 Å². The van der Waals surface area contributed by atoms with Gasteiger partial charge in [0, 0.05) is 21.6 Å². The van der Waals surface area contributed by atoms with Crippen LogP contribution in [0.2, 0.25) is 0 Å². The lowest BCUT2D eigenvalue weighted by Gasteiger charge is -2.06. The van der Waals surface area contributed by atoms with Crippen LogP contribution in [0.1, 0.15) is 10.4 Å². The fourth-order valence-electron chi connectivity index (χ4n) is 1.31. The Morgan fingerprint density at radius 2 is 2.20 bits per heavy atom. The summed E-state index contributed by atoms with van der Waals surface area (Å²) in [7, 11) is 0. The molecular formula is C12H12BrNS. The van der Waals surface area contributed by atoms with Gasteiger partial charge in [0.1, 0.15) is 0 Å². The van der Waals surface area contributed by atoms with Crippen molar-refractivity contribution < 1.29 is 0 Å².